The topological polar surface area (TPSA) is 108 Å². The molecule has 1 aromatic heterocycles. The predicted molar refractivity (Wildman–Crippen MR) is 143 cm³/mol. The number of imide groups is 2. The van der Waals surface area contributed by atoms with Crippen LogP contribution in [0.5, 0.6) is 0 Å². The summed E-state index contributed by atoms with van der Waals surface area (Å²) >= 11 is 14.0. The molecule has 1 aromatic carbocycles. The molecule has 1 N–H and O–H groups in total. The Balaban J connectivity index is 1.58. The van der Waals surface area contributed by atoms with Crippen LogP contribution in [0.3, 0.4) is 0 Å². The van der Waals surface area contributed by atoms with E-state index in [1.54, 1.807) is 26.8 Å². The zero-order chi connectivity index (χ0) is 32.4. The van der Waals surface area contributed by atoms with Gasteiger partial charge in [0, 0.05) is 5.54 Å². The van der Waals surface area contributed by atoms with Crippen molar-refractivity contribution in [3.05, 3.63) is 64.4 Å². The Hall–Kier alpha value is -3.29. The van der Waals surface area contributed by atoms with E-state index in [4.69, 9.17) is 27.6 Å². The Morgan fingerprint density at radius 1 is 0.909 bits per heavy atom. The highest BCUT2D eigenvalue weighted by molar-refractivity contribution is 6.58. The summed E-state index contributed by atoms with van der Waals surface area (Å²) in [5.74, 6) is -21.2. The number of rotatable bonds is 3. The fourth-order valence-corrected chi connectivity index (χ4v) is 8.09. The minimum Gasteiger partial charge on any atom is -0.463 e. The number of carbonyl (C=O) groups is 4. The number of benzene rings is 1. The van der Waals surface area contributed by atoms with Crippen LogP contribution in [0.25, 0.3) is 0 Å². The summed E-state index contributed by atoms with van der Waals surface area (Å²) in [4.78, 5) is 50.9. The lowest BCUT2D eigenvalue weighted by Gasteiger charge is -2.49. The molecule has 0 bridgehead atoms. The first-order valence-corrected chi connectivity index (χ1v) is 14.2. The van der Waals surface area contributed by atoms with Crippen LogP contribution < -0.4 is 4.90 Å². The van der Waals surface area contributed by atoms with E-state index in [0.29, 0.717) is 0 Å². The van der Waals surface area contributed by atoms with Gasteiger partial charge >= 0.3 is 0 Å². The molecule has 6 atom stereocenters. The van der Waals surface area contributed by atoms with Gasteiger partial charge in [0.2, 0.25) is 17.6 Å². The summed E-state index contributed by atoms with van der Waals surface area (Å²) in [6, 6.07) is 2.64. The molecule has 2 aromatic rings. The van der Waals surface area contributed by atoms with Gasteiger partial charge in [0.25, 0.3) is 11.8 Å². The van der Waals surface area contributed by atoms with E-state index in [-0.39, 0.29) is 28.4 Å². The first kappa shape index (κ1) is 30.7. The summed E-state index contributed by atoms with van der Waals surface area (Å²) < 4.78 is 78.1. The van der Waals surface area contributed by atoms with Gasteiger partial charge in [-0.1, -0.05) is 11.6 Å². The van der Waals surface area contributed by atoms with Gasteiger partial charge in [0.1, 0.15) is 23.8 Å². The first-order valence-electron chi connectivity index (χ1n) is 13.5. The molecule has 234 valence electrons. The van der Waals surface area contributed by atoms with E-state index in [2.05, 4.69) is 0 Å². The van der Waals surface area contributed by atoms with Gasteiger partial charge < -0.3 is 9.52 Å². The van der Waals surface area contributed by atoms with Crippen LogP contribution in [0.1, 0.15) is 51.1 Å². The van der Waals surface area contributed by atoms with Gasteiger partial charge in [0.05, 0.1) is 17.8 Å². The van der Waals surface area contributed by atoms with Crippen molar-refractivity contribution in [2.45, 2.75) is 61.4 Å². The average molecular weight is 661 g/mol. The van der Waals surface area contributed by atoms with Crippen molar-refractivity contribution in [3.8, 4) is 0 Å². The molecule has 6 unspecified atom stereocenters. The molecular formula is C29H23Cl2F5N2O6. The summed E-state index contributed by atoms with van der Waals surface area (Å²) in [5, 5.41) is 9.63. The lowest BCUT2D eigenvalue weighted by Crippen LogP contribution is -2.60. The molecule has 2 aliphatic heterocycles. The Bertz CT molecular complexity index is 1690. The molecule has 0 radical (unpaired) electrons. The van der Waals surface area contributed by atoms with Crippen LogP contribution in [-0.4, -0.2) is 48.9 Å². The molecule has 44 heavy (non-hydrogen) atoms. The lowest BCUT2D eigenvalue weighted by atomic mass is 9.57. The van der Waals surface area contributed by atoms with Crippen LogP contribution in [-0.2, 0) is 25.8 Å². The second-order valence-electron chi connectivity index (χ2n) is 12.3. The summed E-state index contributed by atoms with van der Waals surface area (Å²) in [5.41, 5.74) is -2.53. The molecule has 4 amide bonds. The molecule has 3 heterocycles. The molecule has 8 nitrogen and oxygen atoms in total. The minimum atomic E-state index is -2.68. The Labute approximate surface area is 256 Å². The SMILES string of the molecule is CC(C)(C)N1C(=O)C2CC=C3C(CC4(Cl)C(=O)N(c5c(F)c(F)c(F)c(F)c5F)C(=O)C4(Cl)C3c3ccc(CO)o3)C2C1=O. The number of aliphatic hydroxyl groups excluding tert-OH is 1. The third-order valence-electron chi connectivity index (χ3n) is 9.02. The maximum atomic E-state index is 15.0. The van der Waals surface area contributed by atoms with Crippen molar-refractivity contribution in [3.63, 3.8) is 0 Å². The van der Waals surface area contributed by atoms with E-state index < -0.39 is 110 Å². The number of hydrogen-bond donors (Lipinski definition) is 1. The maximum Gasteiger partial charge on any atom is 0.258 e. The molecule has 6 rings (SSSR count). The Morgan fingerprint density at radius 2 is 1.50 bits per heavy atom. The number of anilines is 1. The van der Waals surface area contributed by atoms with Gasteiger partial charge in [-0.05, 0) is 51.7 Å². The number of alkyl halides is 2. The fourth-order valence-electron chi connectivity index (χ4n) is 7.17. The predicted octanol–water partition coefficient (Wildman–Crippen LogP) is 4.83. The average Bonchev–Trinajstić information content (AvgIpc) is 3.58. The number of fused-ring (bicyclic) bond motifs is 4. The number of carbonyl (C=O) groups excluding carboxylic acids is 4. The highest BCUT2D eigenvalue weighted by Crippen LogP contribution is 2.66. The van der Waals surface area contributed by atoms with E-state index in [9.17, 15) is 37.5 Å². The zero-order valence-electron chi connectivity index (χ0n) is 23.2. The fraction of sp³-hybridized carbons (Fsp3) is 0.448. The first-order chi connectivity index (χ1) is 20.4. The van der Waals surface area contributed by atoms with E-state index in [1.165, 1.54) is 12.1 Å². The van der Waals surface area contributed by atoms with Crippen molar-refractivity contribution in [2.24, 2.45) is 17.8 Å². The van der Waals surface area contributed by atoms with E-state index in [0.717, 1.165) is 4.90 Å². The molecule has 0 spiro atoms. The third kappa shape index (κ3) is 3.66. The molecule has 3 fully saturated rings. The standard InChI is InChI=1S/C29H23Cl2F5N2O6/c1-27(2,3)38-23(40)12-6-5-11-13(15(12)24(38)41)8-28(30)25(42)37(22-20(35)18(33)17(32)19(34)21(22)36)26(43)29(28,31)16(11)14-7-4-10(9-39)44-14/h4-5,7,12-13,15-16,39H,6,8-9H2,1-3H3. The van der Waals surface area contributed by atoms with Crippen LogP contribution in [0.2, 0.25) is 0 Å². The van der Waals surface area contributed by atoms with Crippen molar-refractivity contribution in [1.29, 1.82) is 0 Å². The molecule has 1 saturated carbocycles. The number of furan rings is 1. The molecular weight excluding hydrogens is 638 g/mol. The number of amides is 4. The third-order valence-corrected chi connectivity index (χ3v) is 10.4. The number of likely N-dealkylation sites (tertiary alicyclic amines) is 1. The van der Waals surface area contributed by atoms with Gasteiger partial charge in [0.15, 0.2) is 33.0 Å². The van der Waals surface area contributed by atoms with Crippen LogP contribution in [0, 0.1) is 46.8 Å². The minimum absolute atomic E-state index is 0.00345. The second kappa shape index (κ2) is 9.60. The van der Waals surface area contributed by atoms with Gasteiger partial charge in [-0.25, -0.2) is 26.9 Å². The van der Waals surface area contributed by atoms with E-state index >= 15 is 8.78 Å². The van der Waals surface area contributed by atoms with Crippen LogP contribution >= 0.6 is 23.2 Å². The maximum absolute atomic E-state index is 15.0. The Kier molecular flexibility index (Phi) is 6.71. The number of halogens is 7. The number of nitrogens with zero attached hydrogens (tertiary/aromatic N) is 2. The van der Waals surface area contributed by atoms with Gasteiger partial charge in [-0.2, -0.15) is 0 Å². The summed E-state index contributed by atoms with van der Waals surface area (Å²) in [6.45, 7) is 4.38. The quantitative estimate of drug-likeness (QED) is 0.126. The van der Waals surface area contributed by atoms with Crippen LogP contribution in [0.4, 0.5) is 27.6 Å². The molecule has 2 aliphatic carbocycles. The highest BCUT2D eigenvalue weighted by atomic mass is 35.5. The summed E-state index contributed by atoms with van der Waals surface area (Å²) in [7, 11) is 0. The monoisotopic (exact) mass is 660 g/mol. The van der Waals surface area contributed by atoms with Crippen LogP contribution in [0.15, 0.2) is 28.2 Å². The smallest absolute Gasteiger partial charge is 0.258 e. The van der Waals surface area contributed by atoms with Crippen molar-refractivity contribution in [2.75, 3.05) is 4.90 Å². The lowest BCUT2D eigenvalue weighted by molar-refractivity contribution is -0.145. The van der Waals surface area contributed by atoms with Gasteiger partial charge in [-0.15, -0.1) is 23.2 Å². The van der Waals surface area contributed by atoms with Crippen molar-refractivity contribution >= 4 is 52.5 Å². The number of allylic oxidation sites excluding steroid dienone is 2. The second-order valence-corrected chi connectivity index (χ2v) is 13.6. The highest BCUT2D eigenvalue weighted by Gasteiger charge is 2.77. The molecule has 4 aliphatic rings. The number of hydrogen-bond acceptors (Lipinski definition) is 6. The largest absolute Gasteiger partial charge is 0.463 e. The number of aliphatic hydroxyl groups is 1. The van der Waals surface area contributed by atoms with Crippen molar-refractivity contribution in [1.82, 2.24) is 4.90 Å². The molecule has 15 heteroatoms. The molecule has 2 saturated heterocycles. The normalized spacial score (nSPS) is 31.8. The Morgan fingerprint density at radius 3 is 2.05 bits per heavy atom. The zero-order valence-corrected chi connectivity index (χ0v) is 24.7. The summed E-state index contributed by atoms with van der Waals surface area (Å²) in [6.07, 6.45) is 0.973. The van der Waals surface area contributed by atoms with Gasteiger partial charge in [-0.3, -0.25) is 24.1 Å². The van der Waals surface area contributed by atoms with E-state index in [1.807, 2.05) is 0 Å². The van der Waals surface area contributed by atoms with Crippen molar-refractivity contribution < 1.29 is 50.7 Å².